The van der Waals surface area contributed by atoms with Crippen molar-refractivity contribution < 1.29 is 4.79 Å². The van der Waals surface area contributed by atoms with Gasteiger partial charge in [0.15, 0.2) is 0 Å². The first-order valence-corrected chi connectivity index (χ1v) is 5.74. The minimum absolute atomic E-state index is 0.0450. The summed E-state index contributed by atoms with van der Waals surface area (Å²) in [7, 11) is 1.84. The molecule has 2 rings (SSSR count). The topological polar surface area (TPSA) is 46.3 Å². The van der Waals surface area contributed by atoms with Gasteiger partial charge in [0, 0.05) is 19.5 Å². The molecule has 1 aromatic carbocycles. The van der Waals surface area contributed by atoms with Crippen LogP contribution in [0.1, 0.15) is 30.5 Å². The fourth-order valence-corrected chi connectivity index (χ4v) is 2.48. The first-order chi connectivity index (χ1) is 7.65. The zero-order valence-electron chi connectivity index (χ0n) is 9.81. The Morgan fingerprint density at radius 3 is 2.69 bits per heavy atom. The molecule has 0 spiro atoms. The fourth-order valence-electron chi connectivity index (χ4n) is 2.48. The Bertz CT molecular complexity index is 403. The van der Waals surface area contributed by atoms with E-state index in [0.29, 0.717) is 6.42 Å². The molecule has 2 atom stereocenters. The van der Waals surface area contributed by atoms with Crippen molar-refractivity contribution >= 4 is 5.91 Å². The summed E-state index contributed by atoms with van der Waals surface area (Å²) in [4.78, 5) is 13.4. The molecule has 2 unspecified atom stereocenters. The largest absolute Gasteiger partial charge is 0.337 e. The average molecular weight is 218 g/mol. The molecule has 0 bridgehead atoms. The summed E-state index contributed by atoms with van der Waals surface area (Å²) in [6, 6.07) is 8.20. The van der Waals surface area contributed by atoms with Gasteiger partial charge in [0.05, 0.1) is 6.04 Å². The van der Waals surface area contributed by atoms with Crippen LogP contribution in [0.3, 0.4) is 0 Å². The van der Waals surface area contributed by atoms with E-state index in [1.807, 2.05) is 19.2 Å². The van der Waals surface area contributed by atoms with Gasteiger partial charge in [-0.05, 0) is 17.5 Å². The average Bonchev–Trinajstić information content (AvgIpc) is 2.53. The molecule has 1 heterocycles. The lowest BCUT2D eigenvalue weighted by Crippen LogP contribution is -2.31. The molecule has 1 aliphatic heterocycles. The number of rotatable bonds is 2. The fraction of sp³-hybridized carbons (Fsp3) is 0.462. The van der Waals surface area contributed by atoms with E-state index in [1.54, 1.807) is 4.90 Å². The van der Waals surface area contributed by atoms with Crippen LogP contribution in [0.2, 0.25) is 0 Å². The number of nitrogens with two attached hydrogens (primary N) is 1. The molecule has 1 saturated heterocycles. The molecule has 1 aromatic rings. The number of likely N-dealkylation sites (tertiary alicyclic amines) is 1. The number of likely N-dealkylation sites (N-methyl/N-ethyl adjacent to an activating group) is 1. The summed E-state index contributed by atoms with van der Waals surface area (Å²) >= 11 is 0. The SMILES string of the molecule is CCc1ccccc1C1C(N)CC(=O)N1C. The summed E-state index contributed by atoms with van der Waals surface area (Å²) in [5.74, 6) is 0.142. The molecular formula is C13H18N2O. The van der Waals surface area contributed by atoms with Crippen molar-refractivity contribution in [3.8, 4) is 0 Å². The molecule has 0 radical (unpaired) electrons. The molecule has 0 aliphatic carbocycles. The van der Waals surface area contributed by atoms with Gasteiger partial charge in [-0.25, -0.2) is 0 Å². The van der Waals surface area contributed by atoms with Gasteiger partial charge in [0.2, 0.25) is 5.91 Å². The molecule has 16 heavy (non-hydrogen) atoms. The van der Waals surface area contributed by atoms with E-state index >= 15 is 0 Å². The molecular weight excluding hydrogens is 200 g/mol. The summed E-state index contributed by atoms with van der Waals surface area (Å²) in [6.45, 7) is 2.13. The van der Waals surface area contributed by atoms with Crippen molar-refractivity contribution in [2.45, 2.75) is 31.8 Å². The smallest absolute Gasteiger partial charge is 0.224 e. The van der Waals surface area contributed by atoms with Crippen molar-refractivity contribution in [2.75, 3.05) is 7.05 Å². The predicted molar refractivity (Wildman–Crippen MR) is 63.9 cm³/mol. The monoisotopic (exact) mass is 218 g/mol. The third-order valence-electron chi connectivity index (χ3n) is 3.38. The zero-order chi connectivity index (χ0) is 11.7. The predicted octanol–water partition coefficient (Wildman–Crippen LogP) is 1.48. The second-order valence-corrected chi connectivity index (χ2v) is 4.37. The normalized spacial score (nSPS) is 25.2. The van der Waals surface area contributed by atoms with Crippen LogP contribution >= 0.6 is 0 Å². The number of benzene rings is 1. The number of nitrogens with zero attached hydrogens (tertiary/aromatic N) is 1. The Kier molecular flexibility index (Phi) is 2.97. The Hall–Kier alpha value is -1.35. The van der Waals surface area contributed by atoms with E-state index in [9.17, 15) is 4.79 Å². The van der Waals surface area contributed by atoms with Crippen molar-refractivity contribution in [3.05, 3.63) is 35.4 Å². The maximum atomic E-state index is 11.6. The van der Waals surface area contributed by atoms with E-state index in [1.165, 1.54) is 11.1 Å². The Balaban J connectivity index is 2.40. The molecule has 0 saturated carbocycles. The number of hydrogen-bond acceptors (Lipinski definition) is 2. The second-order valence-electron chi connectivity index (χ2n) is 4.37. The zero-order valence-corrected chi connectivity index (χ0v) is 9.81. The van der Waals surface area contributed by atoms with Crippen molar-refractivity contribution in [2.24, 2.45) is 5.73 Å². The lowest BCUT2D eigenvalue weighted by atomic mass is 9.95. The van der Waals surface area contributed by atoms with E-state index in [4.69, 9.17) is 5.73 Å². The van der Waals surface area contributed by atoms with Gasteiger partial charge in [-0.15, -0.1) is 0 Å². The quantitative estimate of drug-likeness (QED) is 0.817. The standard InChI is InChI=1S/C13H18N2O/c1-3-9-6-4-5-7-10(9)13-11(14)8-12(16)15(13)2/h4-7,11,13H,3,8,14H2,1-2H3. The minimum Gasteiger partial charge on any atom is -0.337 e. The highest BCUT2D eigenvalue weighted by atomic mass is 16.2. The molecule has 1 aliphatic rings. The van der Waals surface area contributed by atoms with E-state index in [2.05, 4.69) is 19.1 Å². The van der Waals surface area contributed by atoms with Gasteiger partial charge < -0.3 is 10.6 Å². The van der Waals surface area contributed by atoms with Crippen LogP contribution in [0.25, 0.3) is 0 Å². The maximum Gasteiger partial charge on any atom is 0.224 e. The molecule has 3 heteroatoms. The Morgan fingerprint density at radius 2 is 2.12 bits per heavy atom. The summed E-state index contributed by atoms with van der Waals surface area (Å²) in [6.07, 6.45) is 1.43. The summed E-state index contributed by atoms with van der Waals surface area (Å²) < 4.78 is 0. The van der Waals surface area contributed by atoms with E-state index in [-0.39, 0.29) is 18.0 Å². The van der Waals surface area contributed by atoms with Crippen LogP contribution in [0.5, 0.6) is 0 Å². The van der Waals surface area contributed by atoms with Crippen LogP contribution in [0.15, 0.2) is 24.3 Å². The number of hydrogen-bond donors (Lipinski definition) is 1. The highest BCUT2D eigenvalue weighted by molar-refractivity contribution is 5.80. The maximum absolute atomic E-state index is 11.6. The summed E-state index contributed by atoms with van der Waals surface area (Å²) in [5.41, 5.74) is 8.53. The van der Waals surface area contributed by atoms with E-state index < -0.39 is 0 Å². The highest BCUT2D eigenvalue weighted by Crippen LogP contribution is 2.32. The van der Waals surface area contributed by atoms with Gasteiger partial charge in [-0.1, -0.05) is 31.2 Å². The molecule has 2 N–H and O–H groups in total. The molecule has 86 valence electrons. The first-order valence-electron chi connectivity index (χ1n) is 5.74. The van der Waals surface area contributed by atoms with Gasteiger partial charge >= 0.3 is 0 Å². The van der Waals surface area contributed by atoms with Gasteiger partial charge in [-0.2, -0.15) is 0 Å². The first kappa shape index (κ1) is 11.1. The third kappa shape index (κ3) is 1.71. The van der Waals surface area contributed by atoms with E-state index in [0.717, 1.165) is 6.42 Å². The Morgan fingerprint density at radius 1 is 1.44 bits per heavy atom. The van der Waals surface area contributed by atoms with Crippen molar-refractivity contribution in [1.29, 1.82) is 0 Å². The molecule has 0 aromatic heterocycles. The van der Waals surface area contributed by atoms with Gasteiger partial charge in [0.25, 0.3) is 0 Å². The van der Waals surface area contributed by atoms with Crippen LogP contribution in [-0.2, 0) is 11.2 Å². The van der Waals surface area contributed by atoms with Crippen LogP contribution in [0.4, 0.5) is 0 Å². The van der Waals surface area contributed by atoms with Gasteiger partial charge in [-0.3, -0.25) is 4.79 Å². The number of amides is 1. The minimum atomic E-state index is -0.0785. The number of carbonyl (C=O) groups is 1. The number of aryl methyl sites for hydroxylation is 1. The highest BCUT2D eigenvalue weighted by Gasteiger charge is 2.36. The molecule has 3 nitrogen and oxygen atoms in total. The lowest BCUT2D eigenvalue weighted by Gasteiger charge is -2.25. The van der Waals surface area contributed by atoms with Crippen LogP contribution in [0, 0.1) is 0 Å². The number of carbonyl (C=O) groups excluding carboxylic acids is 1. The van der Waals surface area contributed by atoms with Crippen LogP contribution < -0.4 is 5.73 Å². The summed E-state index contributed by atoms with van der Waals surface area (Å²) in [5, 5.41) is 0. The third-order valence-corrected chi connectivity index (χ3v) is 3.38. The Labute approximate surface area is 96.2 Å². The second kappa shape index (κ2) is 4.26. The van der Waals surface area contributed by atoms with Crippen molar-refractivity contribution in [1.82, 2.24) is 4.90 Å². The molecule has 1 fully saturated rings. The lowest BCUT2D eigenvalue weighted by molar-refractivity contribution is -0.127. The molecule has 1 amide bonds. The van der Waals surface area contributed by atoms with Gasteiger partial charge in [0.1, 0.15) is 0 Å². The van der Waals surface area contributed by atoms with Crippen LogP contribution in [-0.4, -0.2) is 23.9 Å². The van der Waals surface area contributed by atoms with Crippen molar-refractivity contribution in [3.63, 3.8) is 0 Å².